The average molecular weight is 318 g/mol. The lowest BCUT2D eigenvalue weighted by molar-refractivity contribution is -0.130. The summed E-state index contributed by atoms with van der Waals surface area (Å²) in [6.07, 6.45) is 6.28. The van der Waals surface area contributed by atoms with Crippen LogP contribution in [0, 0.1) is 0 Å². The number of fused-ring (bicyclic) bond motifs is 3. The molecule has 7 nitrogen and oxygen atoms in total. The van der Waals surface area contributed by atoms with Gasteiger partial charge in [-0.05, 0) is 32.1 Å². The number of likely N-dealkylation sites (tertiary alicyclic amines) is 1. The molecule has 2 bridgehead atoms. The Morgan fingerprint density at radius 1 is 1.26 bits per heavy atom. The molecule has 0 aromatic carbocycles. The molecule has 2 atom stereocenters. The van der Waals surface area contributed by atoms with Crippen LogP contribution in [0.3, 0.4) is 0 Å². The fraction of sp³-hybridized carbons (Fsp3) is 0.688. The topological polar surface area (TPSA) is 78.7 Å². The van der Waals surface area contributed by atoms with Crippen LogP contribution in [0.25, 0.3) is 0 Å². The van der Waals surface area contributed by atoms with Crippen LogP contribution in [0.5, 0.6) is 0 Å². The molecule has 4 rings (SSSR count). The van der Waals surface area contributed by atoms with Gasteiger partial charge in [0.15, 0.2) is 5.82 Å². The van der Waals surface area contributed by atoms with Crippen molar-refractivity contribution in [1.82, 2.24) is 15.0 Å². The predicted molar refractivity (Wildman–Crippen MR) is 83.1 cm³/mol. The van der Waals surface area contributed by atoms with Gasteiger partial charge in [-0.25, -0.2) is 4.79 Å². The first-order valence-corrected chi connectivity index (χ1v) is 8.44. The summed E-state index contributed by atoms with van der Waals surface area (Å²) in [4.78, 5) is 28.4. The van der Waals surface area contributed by atoms with E-state index in [4.69, 9.17) is 4.52 Å². The van der Waals surface area contributed by atoms with Crippen LogP contribution in [-0.2, 0) is 17.6 Å². The fourth-order valence-corrected chi connectivity index (χ4v) is 4.10. The molecule has 1 aromatic rings. The number of amides is 3. The molecule has 3 amide bonds. The van der Waals surface area contributed by atoms with Crippen LogP contribution >= 0.6 is 0 Å². The van der Waals surface area contributed by atoms with Crippen molar-refractivity contribution >= 4 is 17.8 Å². The van der Waals surface area contributed by atoms with Gasteiger partial charge in [0.05, 0.1) is 6.04 Å². The predicted octanol–water partition coefficient (Wildman–Crippen LogP) is 1.78. The van der Waals surface area contributed by atoms with Crippen LogP contribution in [0.4, 0.5) is 10.6 Å². The molecule has 2 saturated heterocycles. The number of aryl methyl sites for hydroxylation is 1. The molecule has 7 heteroatoms. The molecule has 1 aliphatic carbocycles. The van der Waals surface area contributed by atoms with Crippen molar-refractivity contribution in [3.63, 3.8) is 0 Å². The van der Waals surface area contributed by atoms with Gasteiger partial charge in [-0.15, -0.1) is 0 Å². The maximum atomic E-state index is 12.8. The molecule has 0 unspecified atom stereocenters. The van der Waals surface area contributed by atoms with E-state index in [1.165, 1.54) is 0 Å². The van der Waals surface area contributed by atoms with Gasteiger partial charge in [-0.3, -0.25) is 10.1 Å². The zero-order valence-electron chi connectivity index (χ0n) is 13.4. The molecular weight excluding hydrogens is 296 g/mol. The van der Waals surface area contributed by atoms with Crippen LogP contribution in [0.1, 0.15) is 43.4 Å². The molecule has 124 valence electrons. The standard InChI is InChI=1S/C16H22N4O3/c1-19-9-11-7-6-10(8-14(19)21)20(11)16(22)17-15-12-4-2-3-5-13(12)23-18-15/h10-11H,2-9H2,1H3,(H,17,18,22)/t10-,11+/m1/s1. The van der Waals surface area contributed by atoms with Crippen molar-refractivity contribution in [1.29, 1.82) is 0 Å². The van der Waals surface area contributed by atoms with E-state index in [-0.39, 0.29) is 24.0 Å². The Bertz CT molecular complexity index is 641. The second kappa shape index (κ2) is 5.54. The highest BCUT2D eigenvalue weighted by Crippen LogP contribution is 2.32. The number of likely N-dealkylation sites (N-methyl/N-ethyl adjacent to an activating group) is 1. The summed E-state index contributed by atoms with van der Waals surface area (Å²) in [6, 6.07) is -0.0540. The molecule has 0 radical (unpaired) electrons. The van der Waals surface area contributed by atoms with Crippen LogP contribution in [-0.4, -0.2) is 52.6 Å². The van der Waals surface area contributed by atoms with E-state index in [1.54, 1.807) is 4.90 Å². The summed E-state index contributed by atoms with van der Waals surface area (Å²) >= 11 is 0. The maximum Gasteiger partial charge on any atom is 0.323 e. The molecule has 0 spiro atoms. The first-order valence-electron chi connectivity index (χ1n) is 8.44. The summed E-state index contributed by atoms with van der Waals surface area (Å²) in [6.45, 7) is 0.611. The number of nitrogens with zero attached hydrogens (tertiary/aromatic N) is 3. The highest BCUT2D eigenvalue weighted by Gasteiger charge is 2.42. The molecule has 23 heavy (non-hydrogen) atoms. The minimum Gasteiger partial charge on any atom is -0.359 e. The Balaban J connectivity index is 1.53. The third-order valence-electron chi connectivity index (χ3n) is 5.35. The van der Waals surface area contributed by atoms with Gasteiger partial charge in [0, 0.05) is 38.0 Å². The number of carbonyl (C=O) groups excluding carboxylic acids is 2. The first-order chi connectivity index (χ1) is 11.1. The second-order valence-corrected chi connectivity index (χ2v) is 6.84. The number of nitrogens with one attached hydrogen (secondary N) is 1. The summed E-state index contributed by atoms with van der Waals surface area (Å²) in [5.41, 5.74) is 1.04. The third-order valence-corrected chi connectivity index (χ3v) is 5.35. The summed E-state index contributed by atoms with van der Waals surface area (Å²) < 4.78 is 5.36. The molecule has 3 aliphatic rings. The number of carbonyl (C=O) groups is 2. The van der Waals surface area contributed by atoms with Crippen molar-refractivity contribution in [2.24, 2.45) is 0 Å². The largest absolute Gasteiger partial charge is 0.359 e. The monoisotopic (exact) mass is 318 g/mol. The molecule has 2 aliphatic heterocycles. The average Bonchev–Trinajstić information content (AvgIpc) is 3.08. The second-order valence-electron chi connectivity index (χ2n) is 6.84. The third kappa shape index (κ3) is 2.48. The zero-order valence-corrected chi connectivity index (χ0v) is 13.4. The number of hydrogen-bond donors (Lipinski definition) is 1. The normalized spacial score (nSPS) is 26.9. The van der Waals surface area contributed by atoms with Crippen molar-refractivity contribution in [2.75, 3.05) is 18.9 Å². The summed E-state index contributed by atoms with van der Waals surface area (Å²) in [7, 11) is 1.81. The van der Waals surface area contributed by atoms with Gasteiger partial charge >= 0.3 is 6.03 Å². The van der Waals surface area contributed by atoms with E-state index in [0.717, 1.165) is 49.8 Å². The fourth-order valence-electron chi connectivity index (χ4n) is 4.10. The highest BCUT2D eigenvalue weighted by molar-refractivity contribution is 5.90. The SMILES string of the molecule is CN1C[C@@H]2CC[C@H](CC1=O)N2C(=O)Nc1noc2c1CCCC2. The molecule has 1 N–H and O–H groups in total. The lowest BCUT2D eigenvalue weighted by Gasteiger charge is -2.27. The lowest BCUT2D eigenvalue weighted by Crippen LogP contribution is -2.45. The first kappa shape index (κ1) is 14.5. The van der Waals surface area contributed by atoms with Gasteiger partial charge in [-0.1, -0.05) is 5.16 Å². The zero-order chi connectivity index (χ0) is 16.0. The van der Waals surface area contributed by atoms with E-state index in [2.05, 4.69) is 10.5 Å². The molecule has 0 saturated carbocycles. The highest BCUT2D eigenvalue weighted by atomic mass is 16.5. The van der Waals surface area contributed by atoms with Gasteiger partial charge in [0.25, 0.3) is 0 Å². The van der Waals surface area contributed by atoms with E-state index in [1.807, 2.05) is 11.9 Å². The number of aromatic nitrogens is 1. The van der Waals surface area contributed by atoms with Crippen molar-refractivity contribution in [3.05, 3.63) is 11.3 Å². The van der Waals surface area contributed by atoms with E-state index in [0.29, 0.717) is 18.8 Å². The number of hydrogen-bond acceptors (Lipinski definition) is 4. The van der Waals surface area contributed by atoms with Gasteiger partial charge < -0.3 is 14.3 Å². The smallest absolute Gasteiger partial charge is 0.323 e. The Morgan fingerprint density at radius 2 is 2.04 bits per heavy atom. The summed E-state index contributed by atoms with van der Waals surface area (Å²) in [5.74, 6) is 1.59. The van der Waals surface area contributed by atoms with Crippen molar-refractivity contribution < 1.29 is 14.1 Å². The van der Waals surface area contributed by atoms with Gasteiger partial charge in [0.1, 0.15) is 5.76 Å². The van der Waals surface area contributed by atoms with Crippen molar-refractivity contribution in [3.8, 4) is 0 Å². The van der Waals surface area contributed by atoms with E-state index in [9.17, 15) is 9.59 Å². The lowest BCUT2D eigenvalue weighted by atomic mass is 9.98. The number of urea groups is 1. The minimum absolute atomic E-state index is 0.000164. The molecule has 2 fully saturated rings. The summed E-state index contributed by atoms with van der Waals surface area (Å²) in [5, 5.41) is 6.98. The number of rotatable bonds is 1. The Hall–Kier alpha value is -2.05. The Morgan fingerprint density at radius 3 is 2.91 bits per heavy atom. The molecular formula is C16H22N4O3. The van der Waals surface area contributed by atoms with Gasteiger partial charge in [0.2, 0.25) is 5.91 Å². The minimum atomic E-state index is -0.151. The van der Waals surface area contributed by atoms with Crippen LogP contribution < -0.4 is 5.32 Å². The van der Waals surface area contributed by atoms with Crippen LogP contribution in [0.2, 0.25) is 0 Å². The number of anilines is 1. The van der Waals surface area contributed by atoms with Crippen molar-refractivity contribution in [2.45, 2.75) is 57.0 Å². The van der Waals surface area contributed by atoms with E-state index < -0.39 is 0 Å². The van der Waals surface area contributed by atoms with Crippen LogP contribution in [0.15, 0.2) is 4.52 Å². The quantitative estimate of drug-likeness (QED) is 0.856. The van der Waals surface area contributed by atoms with Gasteiger partial charge in [-0.2, -0.15) is 0 Å². The Labute approximate surface area is 135 Å². The Kier molecular flexibility index (Phi) is 3.50. The molecule has 1 aromatic heterocycles. The molecule has 3 heterocycles. The van der Waals surface area contributed by atoms with E-state index >= 15 is 0 Å². The maximum absolute atomic E-state index is 12.8.